The molecule has 1 aromatic heterocycles. The van der Waals surface area contributed by atoms with Crippen LogP contribution >= 0.6 is 0 Å². The minimum atomic E-state index is -0.427. The van der Waals surface area contributed by atoms with Gasteiger partial charge in [-0.2, -0.15) is 5.48 Å². The molecule has 0 unspecified atom stereocenters. The van der Waals surface area contributed by atoms with Crippen LogP contribution in [-0.2, 0) is 0 Å². The molecule has 1 aromatic rings. The van der Waals surface area contributed by atoms with E-state index in [2.05, 4.69) is 10.5 Å². The van der Waals surface area contributed by atoms with E-state index in [4.69, 9.17) is 5.21 Å². The molecule has 3 N–H and O–H groups in total. The van der Waals surface area contributed by atoms with Crippen molar-refractivity contribution in [1.82, 2.24) is 15.0 Å². The normalized spacial score (nSPS) is 23.9. The summed E-state index contributed by atoms with van der Waals surface area (Å²) in [6.07, 6.45) is 5.74. The van der Waals surface area contributed by atoms with Gasteiger partial charge in [0, 0.05) is 11.8 Å². The van der Waals surface area contributed by atoms with Crippen molar-refractivity contribution >= 4 is 0 Å². The van der Waals surface area contributed by atoms with E-state index in [-0.39, 0.29) is 17.6 Å². The first-order valence-corrected chi connectivity index (χ1v) is 5.02. The molecule has 0 spiro atoms. The number of nitrogens with one attached hydrogen (secondary N) is 2. The van der Waals surface area contributed by atoms with E-state index in [0.29, 0.717) is 12.0 Å². The molecule has 0 aliphatic heterocycles. The van der Waals surface area contributed by atoms with Crippen LogP contribution in [0.15, 0.2) is 27.9 Å². The summed E-state index contributed by atoms with van der Waals surface area (Å²) in [6, 6.07) is -0.281. The zero-order chi connectivity index (χ0) is 11.7. The Morgan fingerprint density at radius 2 is 2.25 bits per heavy atom. The fraction of sp³-hybridized carbons (Fsp3) is 0.400. The van der Waals surface area contributed by atoms with Crippen LogP contribution in [0.1, 0.15) is 18.0 Å². The van der Waals surface area contributed by atoms with Gasteiger partial charge in [0.2, 0.25) is 0 Å². The number of aromatic nitrogens is 2. The molecule has 16 heavy (non-hydrogen) atoms. The van der Waals surface area contributed by atoms with Gasteiger partial charge in [-0.05, 0) is 13.3 Å². The molecule has 0 aromatic carbocycles. The number of rotatable bonds is 2. The number of nitrogens with zero attached hydrogens (tertiary/aromatic N) is 1. The van der Waals surface area contributed by atoms with E-state index >= 15 is 0 Å². The molecule has 0 amide bonds. The quantitative estimate of drug-likeness (QED) is 0.474. The predicted octanol–water partition coefficient (Wildman–Crippen LogP) is -0.307. The molecule has 1 aliphatic rings. The Bertz CT molecular complexity index is 529. The highest BCUT2D eigenvalue weighted by Crippen LogP contribution is 2.20. The Labute approximate surface area is 91.2 Å². The Hall–Kier alpha value is -1.66. The highest BCUT2D eigenvalue weighted by atomic mass is 16.5. The third-order valence-corrected chi connectivity index (χ3v) is 2.73. The number of aromatic amines is 1. The molecule has 0 saturated carbocycles. The summed E-state index contributed by atoms with van der Waals surface area (Å²) in [6.45, 7) is 1.65. The van der Waals surface area contributed by atoms with Gasteiger partial charge in [0.1, 0.15) is 0 Å². The van der Waals surface area contributed by atoms with Gasteiger partial charge in [-0.15, -0.1) is 0 Å². The van der Waals surface area contributed by atoms with Gasteiger partial charge in [0.25, 0.3) is 5.56 Å². The van der Waals surface area contributed by atoms with Gasteiger partial charge in [-0.25, -0.2) is 4.79 Å². The number of aryl methyl sites for hydroxylation is 1. The van der Waals surface area contributed by atoms with E-state index in [9.17, 15) is 9.59 Å². The smallest absolute Gasteiger partial charge is 0.316 e. The van der Waals surface area contributed by atoms with E-state index in [1.165, 1.54) is 10.8 Å². The van der Waals surface area contributed by atoms with Crippen molar-refractivity contribution in [2.45, 2.75) is 25.4 Å². The maximum Gasteiger partial charge on any atom is 0.328 e. The van der Waals surface area contributed by atoms with Crippen molar-refractivity contribution in [2.75, 3.05) is 0 Å². The molecule has 0 saturated heterocycles. The van der Waals surface area contributed by atoms with Crippen molar-refractivity contribution in [3.05, 3.63) is 44.8 Å². The van der Waals surface area contributed by atoms with Crippen LogP contribution in [0.5, 0.6) is 0 Å². The molecule has 0 fully saturated rings. The van der Waals surface area contributed by atoms with Gasteiger partial charge in [-0.1, -0.05) is 12.2 Å². The monoisotopic (exact) mass is 223 g/mol. The topological polar surface area (TPSA) is 87.1 Å². The standard InChI is InChI=1S/C10H13N3O3/c1-6-5-13(10(15)11-9(6)14)8-3-2-7(4-8)12-16/h2-3,5,7-8,12,16H,4H2,1H3,(H,11,14,15)/t7-,8+/m1/s1. The van der Waals surface area contributed by atoms with Gasteiger partial charge in [0.15, 0.2) is 0 Å². The lowest BCUT2D eigenvalue weighted by Crippen LogP contribution is -2.33. The van der Waals surface area contributed by atoms with Crippen molar-refractivity contribution in [3.63, 3.8) is 0 Å². The van der Waals surface area contributed by atoms with Crippen molar-refractivity contribution < 1.29 is 5.21 Å². The highest BCUT2D eigenvalue weighted by molar-refractivity contribution is 5.11. The second kappa shape index (κ2) is 4.07. The largest absolute Gasteiger partial charge is 0.328 e. The van der Waals surface area contributed by atoms with Gasteiger partial charge < -0.3 is 5.21 Å². The molecule has 2 atom stereocenters. The highest BCUT2D eigenvalue weighted by Gasteiger charge is 2.20. The minimum absolute atomic E-state index is 0.132. The molecule has 86 valence electrons. The SMILES string of the molecule is Cc1cn([C@H]2C=C[C@@H](NO)C2)c(=O)[nH]c1=O. The first kappa shape index (κ1) is 10.8. The maximum atomic E-state index is 11.6. The fourth-order valence-electron chi connectivity index (χ4n) is 1.81. The third kappa shape index (κ3) is 1.84. The Morgan fingerprint density at radius 1 is 1.50 bits per heavy atom. The summed E-state index contributed by atoms with van der Waals surface area (Å²) in [4.78, 5) is 25.0. The summed E-state index contributed by atoms with van der Waals surface area (Å²) in [7, 11) is 0. The Kier molecular flexibility index (Phi) is 2.76. The first-order valence-electron chi connectivity index (χ1n) is 5.02. The zero-order valence-electron chi connectivity index (χ0n) is 8.80. The lowest BCUT2D eigenvalue weighted by Gasteiger charge is -2.13. The molecular weight excluding hydrogens is 210 g/mol. The maximum absolute atomic E-state index is 11.6. The number of H-pyrrole nitrogens is 1. The summed E-state index contributed by atoms with van der Waals surface area (Å²) in [5.41, 5.74) is 1.84. The van der Waals surface area contributed by atoms with E-state index < -0.39 is 5.69 Å². The van der Waals surface area contributed by atoms with Crippen LogP contribution in [0.2, 0.25) is 0 Å². The molecule has 1 heterocycles. The number of allylic oxidation sites excluding steroid dienone is 1. The minimum Gasteiger partial charge on any atom is -0.316 e. The van der Waals surface area contributed by atoms with Crippen LogP contribution < -0.4 is 16.7 Å². The van der Waals surface area contributed by atoms with Crippen molar-refractivity contribution in [1.29, 1.82) is 0 Å². The molecular formula is C10H13N3O3. The van der Waals surface area contributed by atoms with Crippen LogP contribution in [-0.4, -0.2) is 20.8 Å². The van der Waals surface area contributed by atoms with Gasteiger partial charge in [-0.3, -0.25) is 14.3 Å². The fourth-order valence-corrected chi connectivity index (χ4v) is 1.81. The van der Waals surface area contributed by atoms with E-state index in [1.54, 1.807) is 13.0 Å². The third-order valence-electron chi connectivity index (χ3n) is 2.73. The molecule has 0 bridgehead atoms. The number of hydrogen-bond acceptors (Lipinski definition) is 4. The second-order valence-corrected chi connectivity index (χ2v) is 3.90. The number of hydroxylamine groups is 1. The molecule has 6 nitrogen and oxygen atoms in total. The molecule has 6 heteroatoms. The Morgan fingerprint density at radius 3 is 2.88 bits per heavy atom. The van der Waals surface area contributed by atoms with Crippen LogP contribution in [0.4, 0.5) is 0 Å². The Balaban J connectivity index is 2.36. The van der Waals surface area contributed by atoms with Gasteiger partial charge in [0.05, 0.1) is 12.1 Å². The molecule has 2 rings (SSSR count). The summed E-state index contributed by atoms with van der Waals surface area (Å²) < 4.78 is 1.46. The summed E-state index contributed by atoms with van der Waals surface area (Å²) in [5, 5.41) is 8.75. The van der Waals surface area contributed by atoms with Crippen LogP contribution in [0.25, 0.3) is 0 Å². The first-order chi connectivity index (χ1) is 7.61. The van der Waals surface area contributed by atoms with Gasteiger partial charge >= 0.3 is 5.69 Å². The second-order valence-electron chi connectivity index (χ2n) is 3.90. The zero-order valence-corrected chi connectivity index (χ0v) is 8.80. The van der Waals surface area contributed by atoms with Crippen molar-refractivity contribution in [2.24, 2.45) is 0 Å². The average Bonchev–Trinajstić information content (AvgIpc) is 2.71. The summed E-state index contributed by atoms with van der Waals surface area (Å²) in [5.74, 6) is 0. The molecule has 1 aliphatic carbocycles. The van der Waals surface area contributed by atoms with Crippen molar-refractivity contribution in [3.8, 4) is 0 Å². The molecule has 0 radical (unpaired) electrons. The average molecular weight is 223 g/mol. The van der Waals surface area contributed by atoms with Crippen LogP contribution in [0, 0.1) is 6.92 Å². The van der Waals surface area contributed by atoms with E-state index in [1.807, 2.05) is 6.08 Å². The van der Waals surface area contributed by atoms with E-state index in [0.717, 1.165) is 0 Å². The number of hydrogen-bond donors (Lipinski definition) is 3. The predicted molar refractivity (Wildman–Crippen MR) is 57.6 cm³/mol. The summed E-state index contributed by atoms with van der Waals surface area (Å²) >= 11 is 0. The lowest BCUT2D eigenvalue weighted by molar-refractivity contribution is 0.139. The lowest BCUT2D eigenvalue weighted by atomic mass is 10.2. The van der Waals surface area contributed by atoms with Crippen LogP contribution in [0.3, 0.4) is 0 Å².